The molecule has 0 radical (unpaired) electrons. The number of nitrogens with two attached hydrogens (primary N) is 1. The van der Waals surface area contributed by atoms with E-state index in [1.165, 1.54) is 0 Å². The van der Waals surface area contributed by atoms with Gasteiger partial charge in [0.25, 0.3) is 5.89 Å². The average molecular weight is 308 g/mol. The highest BCUT2D eigenvalue weighted by atomic mass is 79.9. The number of nitrogens with zero attached hydrogens (tertiary/aromatic N) is 4. The van der Waals surface area contributed by atoms with Crippen molar-refractivity contribution in [1.82, 2.24) is 20.5 Å². The van der Waals surface area contributed by atoms with Crippen LogP contribution < -0.4 is 5.73 Å². The van der Waals surface area contributed by atoms with Gasteiger partial charge in [-0.1, -0.05) is 21.1 Å². The molecule has 7 nitrogen and oxygen atoms in total. The van der Waals surface area contributed by atoms with Crippen molar-refractivity contribution in [1.29, 1.82) is 0 Å². The Morgan fingerprint density at radius 2 is 1.83 bits per heavy atom. The smallest absolute Gasteiger partial charge is 0.284 e. The molecule has 0 bridgehead atoms. The fourth-order valence-electron chi connectivity index (χ4n) is 1.38. The van der Waals surface area contributed by atoms with Crippen LogP contribution in [0.2, 0.25) is 0 Å². The summed E-state index contributed by atoms with van der Waals surface area (Å²) in [6.07, 6.45) is 0. The molecule has 2 aromatic heterocycles. The molecule has 18 heavy (non-hydrogen) atoms. The van der Waals surface area contributed by atoms with Crippen molar-refractivity contribution in [3.8, 4) is 23.0 Å². The molecule has 0 aliphatic rings. The number of hydrogen-bond acceptors (Lipinski definition) is 7. The van der Waals surface area contributed by atoms with E-state index in [2.05, 4.69) is 41.0 Å². The van der Waals surface area contributed by atoms with E-state index in [0.717, 1.165) is 10.0 Å². The second-order valence-corrected chi connectivity index (χ2v) is 4.34. The Morgan fingerprint density at radius 3 is 2.50 bits per heavy atom. The van der Waals surface area contributed by atoms with E-state index >= 15 is 0 Å². The molecule has 0 aliphatic heterocycles. The number of anilines is 1. The van der Waals surface area contributed by atoms with Crippen LogP contribution in [0.5, 0.6) is 0 Å². The highest BCUT2D eigenvalue weighted by molar-refractivity contribution is 9.10. The van der Waals surface area contributed by atoms with Crippen LogP contribution in [0.3, 0.4) is 0 Å². The molecule has 0 atom stereocenters. The summed E-state index contributed by atoms with van der Waals surface area (Å²) in [6, 6.07) is 7.50. The van der Waals surface area contributed by atoms with Crippen LogP contribution in [-0.2, 0) is 0 Å². The van der Waals surface area contributed by atoms with Gasteiger partial charge in [0, 0.05) is 10.0 Å². The normalized spacial score (nSPS) is 10.7. The van der Waals surface area contributed by atoms with Crippen molar-refractivity contribution in [3.63, 3.8) is 0 Å². The number of rotatable bonds is 2. The van der Waals surface area contributed by atoms with Crippen LogP contribution in [0.4, 0.5) is 5.82 Å². The lowest BCUT2D eigenvalue weighted by molar-refractivity contribution is 0.308. The monoisotopic (exact) mass is 307 g/mol. The van der Waals surface area contributed by atoms with E-state index in [-0.39, 0.29) is 17.4 Å². The lowest BCUT2D eigenvalue weighted by atomic mass is 10.2. The van der Waals surface area contributed by atoms with Gasteiger partial charge in [-0.2, -0.15) is 4.98 Å². The highest BCUT2D eigenvalue weighted by Gasteiger charge is 2.17. The lowest BCUT2D eigenvalue weighted by Crippen LogP contribution is -1.88. The van der Waals surface area contributed by atoms with Gasteiger partial charge < -0.3 is 10.3 Å². The number of nitrogen functional groups attached to an aromatic ring is 1. The van der Waals surface area contributed by atoms with Crippen molar-refractivity contribution in [2.45, 2.75) is 0 Å². The fourth-order valence-corrected chi connectivity index (χ4v) is 1.64. The maximum atomic E-state index is 5.54. The van der Waals surface area contributed by atoms with Gasteiger partial charge >= 0.3 is 0 Å². The van der Waals surface area contributed by atoms with Gasteiger partial charge in [-0.3, -0.25) is 0 Å². The SMILES string of the molecule is Nc1nonc1-c1nc(-c2ccc(Br)cc2)no1. The summed E-state index contributed by atoms with van der Waals surface area (Å²) >= 11 is 3.35. The molecular weight excluding hydrogens is 302 g/mol. The summed E-state index contributed by atoms with van der Waals surface area (Å²) < 4.78 is 10.5. The second-order valence-electron chi connectivity index (χ2n) is 3.43. The molecule has 0 saturated heterocycles. The van der Waals surface area contributed by atoms with Crippen molar-refractivity contribution in [2.24, 2.45) is 0 Å². The standard InChI is InChI=1S/C10H6BrN5O2/c11-6-3-1-5(2-4-6)9-13-10(17-16-9)7-8(12)15-18-14-7/h1-4H,(H2,12,15). The fraction of sp³-hybridized carbons (Fsp3) is 0. The van der Waals surface area contributed by atoms with E-state index in [9.17, 15) is 0 Å². The maximum Gasteiger partial charge on any atom is 0.284 e. The van der Waals surface area contributed by atoms with Crippen LogP contribution >= 0.6 is 15.9 Å². The summed E-state index contributed by atoms with van der Waals surface area (Å²) in [5, 5.41) is 10.9. The molecule has 0 spiro atoms. The highest BCUT2D eigenvalue weighted by Crippen LogP contribution is 2.24. The Hall–Kier alpha value is -2.22. The third-order valence-corrected chi connectivity index (χ3v) is 2.77. The number of halogens is 1. The Kier molecular flexibility index (Phi) is 2.56. The molecular formula is C10H6BrN5O2. The molecule has 2 N–H and O–H groups in total. The molecule has 0 saturated carbocycles. The van der Waals surface area contributed by atoms with Crippen LogP contribution in [0, 0.1) is 0 Å². The van der Waals surface area contributed by atoms with E-state index in [1.807, 2.05) is 24.3 Å². The molecule has 0 amide bonds. The third kappa shape index (κ3) is 1.86. The number of aromatic nitrogens is 4. The molecule has 3 rings (SSSR count). The van der Waals surface area contributed by atoms with Gasteiger partial charge in [-0.15, -0.1) is 0 Å². The quantitative estimate of drug-likeness (QED) is 0.773. The Bertz CT molecular complexity index is 676. The van der Waals surface area contributed by atoms with Crippen molar-refractivity contribution in [3.05, 3.63) is 28.7 Å². The van der Waals surface area contributed by atoms with Crippen LogP contribution in [0.1, 0.15) is 0 Å². The molecule has 0 fully saturated rings. The zero-order valence-electron chi connectivity index (χ0n) is 8.87. The van der Waals surface area contributed by atoms with Crippen molar-refractivity contribution in [2.75, 3.05) is 5.73 Å². The Morgan fingerprint density at radius 1 is 1.06 bits per heavy atom. The van der Waals surface area contributed by atoms with Crippen molar-refractivity contribution >= 4 is 21.7 Å². The first kappa shape index (κ1) is 10.9. The topological polar surface area (TPSA) is 104 Å². The minimum absolute atomic E-state index is 0.112. The predicted octanol–water partition coefficient (Wildman–Crippen LogP) is 2.13. The zero-order chi connectivity index (χ0) is 12.5. The first-order valence-corrected chi connectivity index (χ1v) is 5.71. The average Bonchev–Trinajstić information content (AvgIpc) is 2.98. The first-order chi connectivity index (χ1) is 8.74. The summed E-state index contributed by atoms with van der Waals surface area (Å²) in [7, 11) is 0. The van der Waals surface area contributed by atoms with E-state index in [4.69, 9.17) is 10.3 Å². The first-order valence-electron chi connectivity index (χ1n) is 4.92. The predicted molar refractivity (Wildman–Crippen MR) is 65.1 cm³/mol. The minimum atomic E-state index is 0.112. The third-order valence-electron chi connectivity index (χ3n) is 2.24. The van der Waals surface area contributed by atoms with Gasteiger partial charge in [-0.25, -0.2) is 4.63 Å². The second kappa shape index (κ2) is 4.22. The van der Waals surface area contributed by atoms with E-state index < -0.39 is 0 Å². The maximum absolute atomic E-state index is 5.54. The Labute approximate surface area is 109 Å². The molecule has 90 valence electrons. The van der Waals surface area contributed by atoms with Crippen LogP contribution in [0.15, 0.2) is 37.9 Å². The van der Waals surface area contributed by atoms with Gasteiger partial charge in [0.2, 0.25) is 17.3 Å². The largest absolute Gasteiger partial charge is 0.379 e. The summed E-state index contributed by atoms with van der Waals surface area (Å²) in [6.45, 7) is 0. The molecule has 3 aromatic rings. The van der Waals surface area contributed by atoms with Gasteiger partial charge in [-0.05, 0) is 34.6 Å². The molecule has 2 heterocycles. The van der Waals surface area contributed by atoms with Crippen molar-refractivity contribution < 1.29 is 9.15 Å². The number of hydrogen-bond donors (Lipinski definition) is 1. The molecule has 1 aromatic carbocycles. The van der Waals surface area contributed by atoms with Gasteiger partial charge in [0.1, 0.15) is 0 Å². The Balaban J connectivity index is 1.99. The molecule has 8 heteroatoms. The lowest BCUT2D eigenvalue weighted by Gasteiger charge is -1.93. The van der Waals surface area contributed by atoms with Gasteiger partial charge in [0.15, 0.2) is 0 Å². The minimum Gasteiger partial charge on any atom is -0.379 e. The summed E-state index contributed by atoms with van der Waals surface area (Å²) in [5.74, 6) is 0.729. The van der Waals surface area contributed by atoms with Crippen LogP contribution in [-0.4, -0.2) is 20.5 Å². The summed E-state index contributed by atoms with van der Waals surface area (Å²) in [5.41, 5.74) is 6.60. The zero-order valence-corrected chi connectivity index (χ0v) is 10.5. The number of benzene rings is 1. The van der Waals surface area contributed by atoms with E-state index in [1.54, 1.807) is 0 Å². The molecule has 0 aliphatic carbocycles. The van der Waals surface area contributed by atoms with Gasteiger partial charge in [0.05, 0.1) is 0 Å². The van der Waals surface area contributed by atoms with Crippen LogP contribution in [0.25, 0.3) is 23.0 Å². The molecule has 0 unspecified atom stereocenters. The van der Waals surface area contributed by atoms with E-state index in [0.29, 0.717) is 5.82 Å². The summed E-state index contributed by atoms with van der Waals surface area (Å²) in [4.78, 5) is 4.18.